The molecule has 3 rings (SSSR count). The van der Waals surface area contributed by atoms with Gasteiger partial charge in [0.25, 0.3) is 10.0 Å². The van der Waals surface area contributed by atoms with Crippen LogP contribution in [0.25, 0.3) is 0 Å². The standard InChI is InChI=1S/C26H27NO9S/c1-5-36-26(31)20-15-27(37(32,33)17-12-10-16(2)11-13-17)21-9-7-6-8-18(21)24(29)23(20)19(25(30)35-4)14-22(28)34-3/h6-14,20,23H,5,15H2,1-4H3. The van der Waals surface area contributed by atoms with E-state index in [1.54, 1.807) is 32.0 Å². The van der Waals surface area contributed by atoms with E-state index in [-0.39, 0.29) is 22.8 Å². The average molecular weight is 530 g/mol. The molecule has 1 aliphatic rings. The number of esters is 3. The second-order valence-corrected chi connectivity index (χ2v) is 10.0. The molecular weight excluding hydrogens is 502 g/mol. The van der Waals surface area contributed by atoms with Crippen molar-refractivity contribution in [2.24, 2.45) is 11.8 Å². The van der Waals surface area contributed by atoms with E-state index < -0.39 is 57.7 Å². The van der Waals surface area contributed by atoms with Crippen molar-refractivity contribution in [3.05, 3.63) is 71.3 Å². The van der Waals surface area contributed by atoms with E-state index in [0.29, 0.717) is 0 Å². The Bertz CT molecular complexity index is 1350. The first-order chi connectivity index (χ1) is 17.6. The Kier molecular flexibility index (Phi) is 8.49. The third kappa shape index (κ3) is 5.56. The molecule has 2 atom stereocenters. The average Bonchev–Trinajstić information content (AvgIpc) is 3.02. The molecule has 0 aliphatic carbocycles. The highest BCUT2D eigenvalue weighted by Crippen LogP contribution is 2.39. The molecule has 0 aromatic heterocycles. The molecule has 0 saturated heterocycles. The second kappa shape index (κ2) is 11.4. The number of anilines is 1. The lowest BCUT2D eigenvalue weighted by Crippen LogP contribution is -2.42. The maximum absolute atomic E-state index is 13.9. The van der Waals surface area contributed by atoms with E-state index >= 15 is 0 Å². The van der Waals surface area contributed by atoms with E-state index in [4.69, 9.17) is 9.47 Å². The Morgan fingerprint density at radius 1 is 1.03 bits per heavy atom. The Hall–Kier alpha value is -3.99. The van der Waals surface area contributed by atoms with Crippen molar-refractivity contribution in [3.8, 4) is 0 Å². The number of fused-ring (bicyclic) bond motifs is 1. The topological polar surface area (TPSA) is 133 Å². The van der Waals surface area contributed by atoms with Gasteiger partial charge in [0.2, 0.25) is 0 Å². The molecule has 37 heavy (non-hydrogen) atoms. The molecule has 2 unspecified atom stereocenters. The SMILES string of the molecule is CCOC(=O)C1CN(S(=O)(=O)c2ccc(C)cc2)c2ccccc2C(=O)C1C(=CC(=O)OC)C(=O)OC. The van der Waals surface area contributed by atoms with Gasteiger partial charge in [0.05, 0.1) is 48.8 Å². The number of rotatable bonds is 7. The lowest BCUT2D eigenvalue weighted by Gasteiger charge is -2.28. The number of ketones is 1. The van der Waals surface area contributed by atoms with Gasteiger partial charge < -0.3 is 14.2 Å². The first kappa shape index (κ1) is 27.6. The highest BCUT2D eigenvalue weighted by molar-refractivity contribution is 7.92. The molecule has 0 spiro atoms. The van der Waals surface area contributed by atoms with Crippen LogP contribution in [0.1, 0.15) is 22.8 Å². The summed E-state index contributed by atoms with van der Waals surface area (Å²) in [5, 5.41) is 0. The molecule has 0 bridgehead atoms. The van der Waals surface area contributed by atoms with Crippen LogP contribution in [0.3, 0.4) is 0 Å². The van der Waals surface area contributed by atoms with Gasteiger partial charge in [-0.05, 0) is 38.1 Å². The zero-order valence-electron chi connectivity index (χ0n) is 20.8. The lowest BCUT2D eigenvalue weighted by atomic mass is 9.80. The normalized spacial score (nSPS) is 17.9. The Morgan fingerprint density at radius 3 is 2.27 bits per heavy atom. The fourth-order valence-corrected chi connectivity index (χ4v) is 5.60. The monoisotopic (exact) mass is 529 g/mol. The number of carbonyl (C=O) groups excluding carboxylic acids is 4. The van der Waals surface area contributed by atoms with Crippen molar-refractivity contribution in [2.75, 3.05) is 31.7 Å². The number of benzene rings is 2. The van der Waals surface area contributed by atoms with Crippen LogP contribution in [0.15, 0.2) is 65.1 Å². The van der Waals surface area contributed by atoms with Gasteiger partial charge in [-0.3, -0.25) is 13.9 Å². The van der Waals surface area contributed by atoms with Gasteiger partial charge in [-0.2, -0.15) is 0 Å². The van der Waals surface area contributed by atoms with E-state index in [9.17, 15) is 27.6 Å². The third-order valence-electron chi connectivity index (χ3n) is 5.91. The number of nitrogens with zero attached hydrogens (tertiary/aromatic N) is 1. The molecule has 0 N–H and O–H groups in total. The smallest absolute Gasteiger partial charge is 0.334 e. The number of ether oxygens (including phenoxy) is 3. The fourth-order valence-electron chi connectivity index (χ4n) is 4.09. The summed E-state index contributed by atoms with van der Waals surface area (Å²) in [6, 6.07) is 12.0. The molecule has 196 valence electrons. The number of carbonyl (C=O) groups is 4. The molecule has 10 nitrogen and oxygen atoms in total. The number of hydrogen-bond acceptors (Lipinski definition) is 9. The summed E-state index contributed by atoms with van der Waals surface area (Å²) in [5.41, 5.74) is 0.342. The van der Waals surface area contributed by atoms with E-state index in [1.165, 1.54) is 30.3 Å². The highest BCUT2D eigenvalue weighted by atomic mass is 32.2. The third-order valence-corrected chi connectivity index (χ3v) is 7.71. The van der Waals surface area contributed by atoms with Crippen molar-refractivity contribution >= 4 is 39.4 Å². The van der Waals surface area contributed by atoms with Gasteiger partial charge in [-0.15, -0.1) is 0 Å². The summed E-state index contributed by atoms with van der Waals surface area (Å²) in [6.45, 7) is 2.74. The molecular formula is C26H27NO9S. The molecule has 0 fully saturated rings. The second-order valence-electron chi connectivity index (χ2n) is 8.18. The minimum Gasteiger partial charge on any atom is -0.466 e. The number of Topliss-reactive ketones (excluding diaryl/α,β-unsaturated/α-hetero) is 1. The van der Waals surface area contributed by atoms with Crippen LogP contribution in [0.4, 0.5) is 5.69 Å². The number of aryl methyl sites for hydroxylation is 1. The van der Waals surface area contributed by atoms with Gasteiger partial charge in [-0.1, -0.05) is 29.8 Å². The first-order valence-electron chi connectivity index (χ1n) is 11.3. The van der Waals surface area contributed by atoms with Crippen LogP contribution in [0.5, 0.6) is 0 Å². The minimum atomic E-state index is -4.28. The molecule has 0 amide bonds. The van der Waals surface area contributed by atoms with E-state index in [1.807, 2.05) is 0 Å². The fraction of sp³-hybridized carbons (Fsp3) is 0.308. The van der Waals surface area contributed by atoms with Crippen LogP contribution in [-0.4, -0.2) is 59.5 Å². The molecule has 0 radical (unpaired) electrons. The van der Waals surface area contributed by atoms with Crippen LogP contribution < -0.4 is 4.31 Å². The number of sulfonamides is 1. The predicted octanol–water partition coefficient (Wildman–Crippen LogP) is 2.45. The predicted molar refractivity (Wildman–Crippen MR) is 132 cm³/mol. The summed E-state index contributed by atoms with van der Waals surface area (Å²) in [6.07, 6.45) is 0.771. The zero-order valence-corrected chi connectivity index (χ0v) is 21.6. The summed E-state index contributed by atoms with van der Waals surface area (Å²) >= 11 is 0. The number of hydrogen-bond donors (Lipinski definition) is 0. The van der Waals surface area contributed by atoms with E-state index in [0.717, 1.165) is 30.2 Å². The largest absolute Gasteiger partial charge is 0.466 e. The van der Waals surface area contributed by atoms with Crippen molar-refractivity contribution in [3.63, 3.8) is 0 Å². The zero-order chi connectivity index (χ0) is 27.3. The maximum atomic E-state index is 13.9. The van der Waals surface area contributed by atoms with Crippen molar-refractivity contribution in [2.45, 2.75) is 18.7 Å². The number of methoxy groups -OCH3 is 2. The summed E-state index contributed by atoms with van der Waals surface area (Å²) in [4.78, 5) is 51.9. The van der Waals surface area contributed by atoms with Crippen LogP contribution in [0.2, 0.25) is 0 Å². The van der Waals surface area contributed by atoms with Crippen LogP contribution in [0, 0.1) is 18.8 Å². The van der Waals surface area contributed by atoms with Crippen molar-refractivity contribution < 1.29 is 41.8 Å². The minimum absolute atomic E-state index is 0.0205. The summed E-state index contributed by atoms with van der Waals surface area (Å²) in [5.74, 6) is -6.77. The Morgan fingerprint density at radius 2 is 1.68 bits per heavy atom. The maximum Gasteiger partial charge on any atom is 0.334 e. The Labute approximate surface area is 214 Å². The molecule has 1 heterocycles. The van der Waals surface area contributed by atoms with Crippen LogP contribution >= 0.6 is 0 Å². The molecule has 2 aromatic rings. The van der Waals surface area contributed by atoms with Gasteiger partial charge >= 0.3 is 17.9 Å². The molecule has 1 aliphatic heterocycles. The van der Waals surface area contributed by atoms with E-state index in [2.05, 4.69) is 4.74 Å². The first-order valence-corrected chi connectivity index (χ1v) is 12.8. The van der Waals surface area contributed by atoms with Gasteiger partial charge in [0, 0.05) is 18.2 Å². The Balaban J connectivity index is 2.31. The summed E-state index contributed by atoms with van der Waals surface area (Å²) < 4.78 is 43.2. The van der Waals surface area contributed by atoms with Gasteiger partial charge in [-0.25, -0.2) is 18.0 Å². The van der Waals surface area contributed by atoms with Crippen LogP contribution in [-0.2, 0) is 38.6 Å². The van der Waals surface area contributed by atoms with Gasteiger partial charge in [0.15, 0.2) is 5.78 Å². The molecule has 11 heteroatoms. The molecule has 2 aromatic carbocycles. The lowest BCUT2D eigenvalue weighted by molar-refractivity contribution is -0.149. The highest BCUT2D eigenvalue weighted by Gasteiger charge is 2.47. The molecule has 0 saturated carbocycles. The summed E-state index contributed by atoms with van der Waals surface area (Å²) in [7, 11) is -2.15. The number of para-hydroxylation sites is 1. The van der Waals surface area contributed by atoms with Crippen molar-refractivity contribution in [1.29, 1.82) is 0 Å². The van der Waals surface area contributed by atoms with Crippen molar-refractivity contribution in [1.82, 2.24) is 0 Å². The van der Waals surface area contributed by atoms with Gasteiger partial charge in [0.1, 0.15) is 0 Å². The quantitative estimate of drug-likeness (QED) is 0.301.